The lowest BCUT2D eigenvalue weighted by Crippen LogP contribution is -2.34. The number of amides is 1. The summed E-state index contributed by atoms with van der Waals surface area (Å²) < 4.78 is 0.189. The van der Waals surface area contributed by atoms with Crippen molar-refractivity contribution >= 4 is 23.6 Å². The lowest BCUT2D eigenvalue weighted by atomic mass is 10.1. The van der Waals surface area contributed by atoms with Crippen molar-refractivity contribution in [1.82, 2.24) is 4.90 Å². The first-order valence-corrected chi connectivity index (χ1v) is 7.07. The summed E-state index contributed by atoms with van der Waals surface area (Å²) in [7, 11) is 0. The molecule has 1 heterocycles. The molecule has 0 unspecified atom stereocenters. The van der Waals surface area contributed by atoms with Gasteiger partial charge in [-0.1, -0.05) is 13.8 Å². The third-order valence-electron chi connectivity index (χ3n) is 3.33. The molecule has 102 valence electrons. The molecule has 0 aromatic heterocycles. The fraction of sp³-hybridized carbons (Fsp3) is 0.692. The maximum Gasteiger partial charge on any atom is 0.331 e. The predicted octanol–water partition coefficient (Wildman–Crippen LogP) is 2.15. The third kappa shape index (κ3) is 3.77. The number of carbonyl (C=O) groups excluding carboxylic acids is 1. The number of carboxylic acids is 1. The summed E-state index contributed by atoms with van der Waals surface area (Å²) in [6.07, 6.45) is 0.933. The molecule has 1 aliphatic rings. The average molecular weight is 271 g/mol. The van der Waals surface area contributed by atoms with Gasteiger partial charge in [0.1, 0.15) is 0 Å². The highest BCUT2D eigenvalue weighted by Gasteiger charge is 2.27. The van der Waals surface area contributed by atoms with Gasteiger partial charge in [0.2, 0.25) is 5.91 Å². The molecule has 5 heteroatoms. The first-order chi connectivity index (χ1) is 8.24. The van der Waals surface area contributed by atoms with E-state index in [9.17, 15) is 9.59 Å². The molecule has 1 rings (SSSR count). The van der Waals surface area contributed by atoms with Crippen molar-refractivity contribution in [3.05, 3.63) is 11.1 Å². The first-order valence-electron chi connectivity index (χ1n) is 6.08. The van der Waals surface area contributed by atoms with Crippen LogP contribution >= 0.6 is 11.8 Å². The molecule has 18 heavy (non-hydrogen) atoms. The summed E-state index contributed by atoms with van der Waals surface area (Å²) in [4.78, 5) is 24.8. The van der Waals surface area contributed by atoms with Crippen LogP contribution in [0.15, 0.2) is 11.1 Å². The number of hydrogen-bond donors (Lipinski definition) is 1. The lowest BCUT2D eigenvalue weighted by Gasteiger charge is -2.23. The molecule has 1 saturated heterocycles. The molecule has 0 atom stereocenters. The van der Waals surface area contributed by atoms with Crippen LogP contribution in [0.2, 0.25) is 0 Å². The molecule has 1 fully saturated rings. The highest BCUT2D eigenvalue weighted by atomic mass is 32.2. The van der Waals surface area contributed by atoms with E-state index in [0.29, 0.717) is 18.7 Å². The van der Waals surface area contributed by atoms with Crippen LogP contribution in [0.25, 0.3) is 0 Å². The largest absolute Gasteiger partial charge is 0.478 e. The van der Waals surface area contributed by atoms with E-state index in [2.05, 4.69) is 13.8 Å². The second-order valence-corrected chi connectivity index (χ2v) is 7.01. The van der Waals surface area contributed by atoms with Crippen LogP contribution in [0.5, 0.6) is 0 Å². The Kier molecular flexibility index (Phi) is 4.85. The van der Waals surface area contributed by atoms with Crippen LogP contribution in [-0.2, 0) is 9.59 Å². The van der Waals surface area contributed by atoms with Gasteiger partial charge >= 0.3 is 5.97 Å². The van der Waals surface area contributed by atoms with E-state index < -0.39 is 5.97 Å². The van der Waals surface area contributed by atoms with E-state index >= 15 is 0 Å². The van der Waals surface area contributed by atoms with E-state index in [0.717, 1.165) is 12.2 Å². The zero-order valence-corrected chi connectivity index (χ0v) is 12.3. The molecule has 0 aromatic carbocycles. The van der Waals surface area contributed by atoms with Crippen molar-refractivity contribution in [3.8, 4) is 0 Å². The molecule has 4 nitrogen and oxygen atoms in total. The minimum absolute atomic E-state index is 0.135. The van der Waals surface area contributed by atoms with E-state index in [-0.39, 0.29) is 16.2 Å². The van der Waals surface area contributed by atoms with Gasteiger partial charge in [-0.25, -0.2) is 4.79 Å². The molecule has 1 N–H and O–H groups in total. The van der Waals surface area contributed by atoms with Crippen LogP contribution < -0.4 is 0 Å². The van der Waals surface area contributed by atoms with Crippen molar-refractivity contribution in [2.45, 2.75) is 38.9 Å². The lowest BCUT2D eigenvalue weighted by molar-refractivity contribution is -0.133. The van der Waals surface area contributed by atoms with E-state index in [1.54, 1.807) is 11.8 Å². The summed E-state index contributed by atoms with van der Waals surface area (Å²) in [6.45, 7) is 8.81. The molecule has 1 amide bonds. The second-order valence-electron chi connectivity index (χ2n) is 5.21. The first kappa shape index (κ1) is 15.1. The number of rotatable bonds is 2. The summed E-state index contributed by atoms with van der Waals surface area (Å²) >= 11 is 1.86. The Bertz CT molecular complexity index is 388. The number of thioether (sulfide) groups is 1. The summed E-state index contributed by atoms with van der Waals surface area (Å²) in [5.41, 5.74) is 0.475. The monoisotopic (exact) mass is 271 g/mol. The Morgan fingerprint density at radius 3 is 2.33 bits per heavy atom. The fourth-order valence-electron chi connectivity index (χ4n) is 1.78. The van der Waals surface area contributed by atoms with E-state index in [1.165, 1.54) is 6.92 Å². The van der Waals surface area contributed by atoms with E-state index in [1.807, 2.05) is 11.8 Å². The Hall–Kier alpha value is -0.970. The van der Waals surface area contributed by atoms with Gasteiger partial charge < -0.3 is 10.0 Å². The van der Waals surface area contributed by atoms with E-state index in [4.69, 9.17) is 5.11 Å². The predicted molar refractivity (Wildman–Crippen MR) is 73.7 cm³/mol. The molecule has 1 aliphatic heterocycles. The number of hydrogen-bond acceptors (Lipinski definition) is 3. The molecule has 0 bridgehead atoms. The van der Waals surface area contributed by atoms with Crippen molar-refractivity contribution in [3.63, 3.8) is 0 Å². The highest BCUT2D eigenvalue weighted by molar-refractivity contribution is 8.00. The number of carbonyl (C=O) groups is 2. The minimum atomic E-state index is -1.02. The summed E-state index contributed by atoms with van der Waals surface area (Å²) in [5.74, 6) is -0.267. The third-order valence-corrected chi connectivity index (χ3v) is 4.70. The Morgan fingerprint density at radius 1 is 1.17 bits per heavy atom. The van der Waals surface area contributed by atoms with Crippen LogP contribution in [-0.4, -0.2) is 45.5 Å². The molecule has 0 aliphatic carbocycles. The zero-order chi connectivity index (χ0) is 13.9. The van der Waals surface area contributed by atoms with Crippen LogP contribution in [0.4, 0.5) is 0 Å². The summed E-state index contributed by atoms with van der Waals surface area (Å²) in [6, 6.07) is 0. The van der Waals surface area contributed by atoms with Crippen molar-refractivity contribution in [2.24, 2.45) is 0 Å². The van der Waals surface area contributed by atoms with Gasteiger partial charge in [-0.15, -0.1) is 0 Å². The van der Waals surface area contributed by atoms with Gasteiger partial charge in [-0.2, -0.15) is 11.8 Å². The van der Waals surface area contributed by atoms with Crippen molar-refractivity contribution in [2.75, 3.05) is 18.8 Å². The van der Waals surface area contributed by atoms with Crippen LogP contribution in [0, 0.1) is 0 Å². The van der Waals surface area contributed by atoms with Crippen molar-refractivity contribution in [1.29, 1.82) is 0 Å². The van der Waals surface area contributed by atoms with Gasteiger partial charge in [0, 0.05) is 34.7 Å². The Labute approximate surface area is 112 Å². The van der Waals surface area contributed by atoms with Gasteiger partial charge in [0.05, 0.1) is 0 Å². The molecule has 0 spiro atoms. The van der Waals surface area contributed by atoms with Gasteiger partial charge in [-0.05, 0) is 20.3 Å². The molecular formula is C13H21NO3S. The Balaban J connectivity index is 2.79. The van der Waals surface area contributed by atoms with Crippen molar-refractivity contribution < 1.29 is 14.7 Å². The zero-order valence-electron chi connectivity index (χ0n) is 11.4. The SMILES string of the molecule is CC(C(=O)O)=C(C)C(=O)N1CCSC(C)(C)CC1. The maximum absolute atomic E-state index is 12.2. The smallest absolute Gasteiger partial charge is 0.331 e. The minimum Gasteiger partial charge on any atom is -0.478 e. The molecular weight excluding hydrogens is 250 g/mol. The molecule has 0 aromatic rings. The average Bonchev–Trinajstić information content (AvgIpc) is 2.47. The molecule has 0 radical (unpaired) electrons. The van der Waals surface area contributed by atoms with Gasteiger partial charge in [0.15, 0.2) is 0 Å². The quantitative estimate of drug-likeness (QED) is 0.782. The molecule has 0 saturated carbocycles. The topological polar surface area (TPSA) is 57.6 Å². The Morgan fingerprint density at radius 2 is 1.78 bits per heavy atom. The number of aliphatic carboxylic acids is 1. The van der Waals surface area contributed by atoms with Gasteiger partial charge in [0.25, 0.3) is 0 Å². The normalized spacial score (nSPS) is 21.0. The second kappa shape index (κ2) is 5.78. The standard InChI is InChI=1S/C13H21NO3S/c1-9(10(2)12(16)17)11(15)14-6-5-13(3,4)18-8-7-14/h5-8H2,1-4H3,(H,16,17). The number of nitrogens with zero attached hydrogens (tertiary/aromatic N) is 1. The van der Waals surface area contributed by atoms with Crippen LogP contribution in [0.3, 0.4) is 0 Å². The van der Waals surface area contributed by atoms with Crippen LogP contribution in [0.1, 0.15) is 34.1 Å². The summed E-state index contributed by atoms with van der Waals surface area (Å²) in [5, 5.41) is 8.91. The number of carboxylic acid groups (broad SMARTS) is 1. The maximum atomic E-state index is 12.2. The van der Waals surface area contributed by atoms with Gasteiger partial charge in [-0.3, -0.25) is 4.79 Å². The highest BCUT2D eigenvalue weighted by Crippen LogP contribution is 2.31. The fourth-order valence-corrected chi connectivity index (χ4v) is 2.88.